The number of urea groups is 1. The summed E-state index contributed by atoms with van der Waals surface area (Å²) in [5.41, 5.74) is 2.66. The van der Waals surface area contributed by atoms with E-state index in [1.807, 2.05) is 36.1 Å². The summed E-state index contributed by atoms with van der Waals surface area (Å²) < 4.78 is 11.3. The Morgan fingerprint density at radius 2 is 1.37 bits per heavy atom. The van der Waals surface area contributed by atoms with Crippen molar-refractivity contribution in [2.24, 2.45) is 0 Å². The Morgan fingerprint density at radius 3 is 1.98 bits per heavy atom. The molecular weight excluding hydrogens is 586 g/mol. The van der Waals surface area contributed by atoms with Crippen molar-refractivity contribution in [1.82, 2.24) is 24.8 Å². The first-order valence-electron chi connectivity index (χ1n) is 16.0. The minimum absolute atomic E-state index is 0.0233. The van der Waals surface area contributed by atoms with Gasteiger partial charge in [0.2, 0.25) is 11.9 Å². The highest BCUT2D eigenvalue weighted by atomic mass is 16.5. The summed E-state index contributed by atoms with van der Waals surface area (Å²) in [6, 6.07) is 14.6. The van der Waals surface area contributed by atoms with Gasteiger partial charge >= 0.3 is 6.03 Å². The molecule has 4 heterocycles. The summed E-state index contributed by atoms with van der Waals surface area (Å²) >= 11 is 0. The molecule has 3 amide bonds. The van der Waals surface area contributed by atoms with Gasteiger partial charge in [-0.25, -0.2) is 4.79 Å². The molecule has 1 unspecified atom stereocenters. The molecule has 3 aliphatic heterocycles. The SMILES string of the molecule is CC1CN(c2nc(-c3ccc(NC(=O)Nc4ccc(C(=O)N5CCC(N(C)C)CC5)cc4)cc3)nc(N3CCOCC3)n2)CCO1. The number of benzene rings is 2. The van der Waals surface area contributed by atoms with Gasteiger partial charge in [0.05, 0.1) is 25.9 Å². The zero-order chi connectivity index (χ0) is 32.0. The molecule has 0 spiro atoms. The third-order valence-corrected chi connectivity index (χ3v) is 8.70. The lowest BCUT2D eigenvalue weighted by atomic mass is 10.0. The smallest absolute Gasteiger partial charge is 0.323 e. The fraction of sp³-hybridized carbons (Fsp3) is 0.485. The van der Waals surface area contributed by atoms with E-state index in [-0.39, 0.29) is 18.0 Å². The Bertz CT molecular complexity index is 1490. The molecular formula is C33H43N9O4. The van der Waals surface area contributed by atoms with Gasteiger partial charge in [-0.3, -0.25) is 4.79 Å². The lowest BCUT2D eigenvalue weighted by molar-refractivity contribution is 0.0526. The number of anilines is 4. The van der Waals surface area contributed by atoms with Gasteiger partial charge in [-0.2, -0.15) is 15.0 Å². The number of amides is 3. The number of nitrogens with one attached hydrogen (secondary N) is 2. The first-order chi connectivity index (χ1) is 22.3. The van der Waals surface area contributed by atoms with Crippen LogP contribution in [0.2, 0.25) is 0 Å². The summed E-state index contributed by atoms with van der Waals surface area (Å²) in [6.45, 7) is 8.28. The molecule has 1 atom stereocenters. The largest absolute Gasteiger partial charge is 0.378 e. The molecule has 13 heteroatoms. The van der Waals surface area contributed by atoms with Crippen molar-refractivity contribution in [3.05, 3.63) is 54.1 Å². The number of likely N-dealkylation sites (tertiary alicyclic amines) is 1. The molecule has 3 aromatic rings. The number of rotatable bonds is 7. The van der Waals surface area contributed by atoms with Gasteiger partial charge in [0.1, 0.15) is 0 Å². The lowest BCUT2D eigenvalue weighted by Crippen LogP contribution is -2.44. The molecule has 3 fully saturated rings. The fourth-order valence-corrected chi connectivity index (χ4v) is 5.99. The first-order valence-corrected chi connectivity index (χ1v) is 16.0. The van der Waals surface area contributed by atoms with Gasteiger partial charge in [0.25, 0.3) is 5.91 Å². The lowest BCUT2D eigenvalue weighted by Gasteiger charge is -2.35. The maximum Gasteiger partial charge on any atom is 0.323 e. The quantitative estimate of drug-likeness (QED) is 0.401. The number of nitrogens with zero attached hydrogens (tertiary/aromatic N) is 7. The van der Waals surface area contributed by atoms with E-state index in [0.717, 1.165) is 44.6 Å². The number of morpholine rings is 2. The van der Waals surface area contributed by atoms with Crippen LogP contribution in [0.1, 0.15) is 30.1 Å². The minimum Gasteiger partial charge on any atom is -0.378 e. The number of piperidine rings is 1. The van der Waals surface area contributed by atoms with Crippen molar-refractivity contribution in [2.75, 3.05) is 93.6 Å². The normalized spacial score (nSPS) is 19.3. The topological polar surface area (TPSA) is 128 Å². The molecule has 3 aliphatic rings. The summed E-state index contributed by atoms with van der Waals surface area (Å²) in [5, 5.41) is 5.72. The number of carbonyl (C=O) groups is 2. The van der Waals surface area contributed by atoms with Gasteiger partial charge in [-0.15, -0.1) is 0 Å². The van der Waals surface area contributed by atoms with E-state index in [4.69, 9.17) is 24.4 Å². The summed E-state index contributed by atoms with van der Waals surface area (Å²) in [7, 11) is 4.17. The van der Waals surface area contributed by atoms with E-state index in [0.29, 0.717) is 73.6 Å². The molecule has 3 saturated heterocycles. The Labute approximate surface area is 269 Å². The number of hydrogen-bond acceptors (Lipinski definition) is 10. The molecule has 0 aliphatic carbocycles. The predicted molar refractivity (Wildman–Crippen MR) is 178 cm³/mol. The minimum atomic E-state index is -0.379. The van der Waals surface area contributed by atoms with Crippen molar-refractivity contribution >= 4 is 35.2 Å². The van der Waals surface area contributed by atoms with E-state index in [2.05, 4.69) is 39.4 Å². The van der Waals surface area contributed by atoms with Crippen LogP contribution in [0.25, 0.3) is 11.4 Å². The van der Waals surface area contributed by atoms with Crippen LogP contribution in [-0.2, 0) is 9.47 Å². The maximum atomic E-state index is 13.0. The molecule has 2 N–H and O–H groups in total. The second kappa shape index (κ2) is 14.4. The van der Waals surface area contributed by atoms with Gasteiger partial charge in [-0.1, -0.05) is 0 Å². The average molecular weight is 630 g/mol. The number of hydrogen-bond donors (Lipinski definition) is 2. The molecule has 0 saturated carbocycles. The van der Waals surface area contributed by atoms with Gasteiger partial charge in [0, 0.05) is 67.8 Å². The van der Waals surface area contributed by atoms with Crippen LogP contribution in [0, 0.1) is 0 Å². The monoisotopic (exact) mass is 629 g/mol. The van der Waals surface area contributed by atoms with Crippen molar-refractivity contribution in [1.29, 1.82) is 0 Å². The predicted octanol–water partition coefficient (Wildman–Crippen LogP) is 3.41. The number of ether oxygens (including phenoxy) is 2. The van der Waals surface area contributed by atoms with Crippen LogP contribution in [0.5, 0.6) is 0 Å². The molecule has 6 rings (SSSR count). The molecule has 244 valence electrons. The molecule has 0 bridgehead atoms. The third-order valence-electron chi connectivity index (χ3n) is 8.70. The third kappa shape index (κ3) is 7.72. The Morgan fingerprint density at radius 1 is 0.783 bits per heavy atom. The summed E-state index contributed by atoms with van der Waals surface area (Å²) in [6.07, 6.45) is 2.03. The molecule has 13 nitrogen and oxygen atoms in total. The van der Waals surface area contributed by atoms with Gasteiger partial charge in [-0.05, 0) is 82.4 Å². The Hall–Kier alpha value is -4.33. The van der Waals surface area contributed by atoms with Crippen molar-refractivity contribution in [3.8, 4) is 11.4 Å². The second-order valence-electron chi connectivity index (χ2n) is 12.2. The molecule has 2 aromatic carbocycles. The highest BCUT2D eigenvalue weighted by Gasteiger charge is 2.25. The van der Waals surface area contributed by atoms with Crippen LogP contribution in [-0.4, -0.2) is 122 Å². The van der Waals surface area contributed by atoms with Gasteiger partial charge < -0.3 is 39.7 Å². The zero-order valence-corrected chi connectivity index (χ0v) is 26.8. The average Bonchev–Trinajstić information content (AvgIpc) is 3.09. The Balaban J connectivity index is 1.08. The maximum absolute atomic E-state index is 13.0. The van der Waals surface area contributed by atoms with Crippen molar-refractivity contribution < 1.29 is 19.1 Å². The van der Waals surface area contributed by atoms with E-state index < -0.39 is 0 Å². The summed E-state index contributed by atoms with van der Waals surface area (Å²) in [5.74, 6) is 1.85. The second-order valence-corrected chi connectivity index (χ2v) is 12.2. The Kier molecular flexibility index (Phi) is 9.91. The van der Waals surface area contributed by atoms with E-state index in [1.165, 1.54) is 0 Å². The van der Waals surface area contributed by atoms with Crippen LogP contribution < -0.4 is 20.4 Å². The van der Waals surface area contributed by atoms with E-state index in [9.17, 15) is 9.59 Å². The van der Waals surface area contributed by atoms with Gasteiger partial charge in [0.15, 0.2) is 5.82 Å². The van der Waals surface area contributed by atoms with E-state index in [1.54, 1.807) is 24.3 Å². The highest BCUT2D eigenvalue weighted by Crippen LogP contribution is 2.25. The van der Waals surface area contributed by atoms with Crippen molar-refractivity contribution in [3.63, 3.8) is 0 Å². The number of carbonyl (C=O) groups excluding carboxylic acids is 2. The zero-order valence-electron chi connectivity index (χ0n) is 26.8. The van der Waals surface area contributed by atoms with Crippen LogP contribution in [0.3, 0.4) is 0 Å². The van der Waals surface area contributed by atoms with Crippen LogP contribution >= 0.6 is 0 Å². The molecule has 0 radical (unpaired) electrons. The highest BCUT2D eigenvalue weighted by molar-refractivity contribution is 6.00. The van der Waals surface area contributed by atoms with Crippen molar-refractivity contribution in [2.45, 2.75) is 31.9 Å². The molecule has 46 heavy (non-hydrogen) atoms. The first kappa shape index (κ1) is 31.6. The fourth-order valence-electron chi connectivity index (χ4n) is 5.99. The van der Waals surface area contributed by atoms with Crippen LogP contribution in [0.4, 0.5) is 28.1 Å². The standard InChI is InChI=1S/C33H43N9O4/c1-23-22-42(18-21-46-23)32-37-29(36-31(38-32)41-16-19-45-20-17-41)24-4-8-26(9-5-24)34-33(44)35-27-10-6-25(7-11-27)30(43)40-14-12-28(13-15-40)39(2)3/h4-11,23,28H,12-22H2,1-3H3,(H2,34,35,44). The summed E-state index contributed by atoms with van der Waals surface area (Å²) in [4.78, 5) is 48.6. The number of aromatic nitrogens is 3. The van der Waals surface area contributed by atoms with Crippen LogP contribution in [0.15, 0.2) is 48.5 Å². The molecule has 1 aromatic heterocycles. The van der Waals surface area contributed by atoms with E-state index >= 15 is 0 Å².